The Morgan fingerprint density at radius 1 is 1.13 bits per heavy atom. The molecule has 2 aromatic carbocycles. The number of benzene rings is 2. The molecule has 2 fully saturated rings. The molecular formula is C28H33ClF3N3O4. The van der Waals surface area contributed by atoms with Gasteiger partial charge in [0.25, 0.3) is 0 Å². The fourth-order valence-electron chi connectivity index (χ4n) is 6.11. The molecule has 0 saturated carbocycles. The Morgan fingerprint density at radius 2 is 1.79 bits per heavy atom. The molecule has 4 rings (SSSR count). The van der Waals surface area contributed by atoms with E-state index in [0.29, 0.717) is 6.42 Å². The maximum atomic E-state index is 13.9. The number of carbonyl (C=O) groups is 2. The van der Waals surface area contributed by atoms with Gasteiger partial charge in [0, 0.05) is 44.9 Å². The lowest BCUT2D eigenvalue weighted by molar-refractivity contribution is -0.140. The second-order valence-corrected chi connectivity index (χ2v) is 10.9. The number of halogens is 4. The van der Waals surface area contributed by atoms with Crippen LogP contribution in [-0.2, 0) is 17.5 Å². The molecule has 7 nitrogen and oxygen atoms in total. The van der Waals surface area contributed by atoms with Crippen molar-refractivity contribution in [3.63, 3.8) is 0 Å². The summed E-state index contributed by atoms with van der Waals surface area (Å²) in [5, 5.41) is 19.4. The zero-order valence-electron chi connectivity index (χ0n) is 21.9. The Morgan fingerprint density at radius 3 is 2.41 bits per heavy atom. The summed E-state index contributed by atoms with van der Waals surface area (Å²) in [7, 11) is 1.53. The zero-order chi connectivity index (χ0) is 28.5. The minimum absolute atomic E-state index is 0.0688. The van der Waals surface area contributed by atoms with Crippen molar-refractivity contribution in [3.8, 4) is 0 Å². The second kappa shape index (κ2) is 11.3. The third kappa shape index (κ3) is 5.73. The van der Waals surface area contributed by atoms with E-state index in [-0.39, 0.29) is 74.3 Å². The van der Waals surface area contributed by atoms with E-state index in [9.17, 15) is 33.0 Å². The van der Waals surface area contributed by atoms with Gasteiger partial charge in [0.1, 0.15) is 0 Å². The van der Waals surface area contributed by atoms with Crippen molar-refractivity contribution in [1.82, 2.24) is 14.7 Å². The Kier molecular flexibility index (Phi) is 8.49. The van der Waals surface area contributed by atoms with E-state index in [1.807, 2.05) is 31.2 Å². The fraction of sp³-hybridized carbons (Fsp3) is 0.500. The lowest BCUT2D eigenvalue weighted by Crippen LogP contribution is -2.57. The quantitative estimate of drug-likeness (QED) is 0.511. The summed E-state index contributed by atoms with van der Waals surface area (Å²) < 4.78 is 40.0. The first-order valence-corrected chi connectivity index (χ1v) is 13.3. The van der Waals surface area contributed by atoms with Crippen LogP contribution in [0.5, 0.6) is 0 Å². The van der Waals surface area contributed by atoms with E-state index in [4.69, 9.17) is 11.6 Å². The van der Waals surface area contributed by atoms with Crippen molar-refractivity contribution in [1.29, 1.82) is 0 Å². The van der Waals surface area contributed by atoms with E-state index in [2.05, 4.69) is 0 Å². The molecule has 212 valence electrons. The molecule has 0 radical (unpaired) electrons. The van der Waals surface area contributed by atoms with Crippen molar-refractivity contribution >= 4 is 23.5 Å². The Labute approximate surface area is 230 Å². The summed E-state index contributed by atoms with van der Waals surface area (Å²) in [6, 6.07) is 9.56. The smallest absolute Gasteiger partial charge is 0.396 e. The summed E-state index contributed by atoms with van der Waals surface area (Å²) in [6.45, 7) is 1.93. The van der Waals surface area contributed by atoms with Crippen LogP contribution in [0.4, 0.5) is 18.0 Å². The van der Waals surface area contributed by atoms with Crippen LogP contribution in [0, 0.1) is 12.3 Å². The van der Waals surface area contributed by atoms with Crippen molar-refractivity contribution in [2.24, 2.45) is 5.41 Å². The van der Waals surface area contributed by atoms with E-state index in [1.54, 1.807) is 9.80 Å². The van der Waals surface area contributed by atoms with E-state index in [0.717, 1.165) is 23.3 Å². The van der Waals surface area contributed by atoms with Crippen molar-refractivity contribution in [3.05, 3.63) is 69.7 Å². The van der Waals surface area contributed by atoms with E-state index < -0.39 is 23.2 Å². The minimum Gasteiger partial charge on any atom is -0.396 e. The van der Waals surface area contributed by atoms with Gasteiger partial charge in [-0.3, -0.25) is 4.79 Å². The van der Waals surface area contributed by atoms with E-state index in [1.165, 1.54) is 18.0 Å². The van der Waals surface area contributed by atoms with Gasteiger partial charge in [0.2, 0.25) is 5.91 Å². The predicted molar refractivity (Wildman–Crippen MR) is 140 cm³/mol. The van der Waals surface area contributed by atoms with Crippen LogP contribution in [0.2, 0.25) is 5.02 Å². The number of hydrogen-bond acceptors (Lipinski definition) is 4. The largest absolute Gasteiger partial charge is 0.416 e. The van der Waals surface area contributed by atoms with Gasteiger partial charge in [-0.05, 0) is 61.1 Å². The highest BCUT2D eigenvalue weighted by Crippen LogP contribution is 2.49. The molecule has 11 heteroatoms. The second-order valence-electron chi connectivity index (χ2n) is 10.5. The number of nitrogens with zero attached hydrogens (tertiary/aromatic N) is 3. The fourth-order valence-corrected chi connectivity index (χ4v) is 6.37. The highest BCUT2D eigenvalue weighted by atomic mass is 35.5. The summed E-state index contributed by atoms with van der Waals surface area (Å²) in [6.07, 6.45) is -3.78. The van der Waals surface area contributed by atoms with Crippen LogP contribution in [-0.4, -0.2) is 76.2 Å². The topological polar surface area (TPSA) is 84.3 Å². The van der Waals surface area contributed by atoms with Gasteiger partial charge in [0.15, 0.2) is 0 Å². The van der Waals surface area contributed by atoms with Crippen LogP contribution in [0.1, 0.15) is 47.6 Å². The molecule has 39 heavy (non-hydrogen) atoms. The normalized spacial score (nSPS) is 20.8. The predicted octanol–water partition coefficient (Wildman–Crippen LogP) is 4.63. The van der Waals surface area contributed by atoms with Gasteiger partial charge in [-0.1, -0.05) is 35.9 Å². The number of aliphatic hydroxyl groups is 2. The third-order valence-electron chi connectivity index (χ3n) is 7.96. The maximum absolute atomic E-state index is 13.9. The molecule has 2 N–H and O–H groups in total. The monoisotopic (exact) mass is 567 g/mol. The number of rotatable bonds is 7. The first-order chi connectivity index (χ1) is 18.4. The average Bonchev–Trinajstić information content (AvgIpc) is 3.14. The molecule has 2 atom stereocenters. The average molecular weight is 568 g/mol. The molecule has 0 spiro atoms. The van der Waals surface area contributed by atoms with Crippen LogP contribution in [0.3, 0.4) is 0 Å². The molecule has 0 aromatic heterocycles. The summed E-state index contributed by atoms with van der Waals surface area (Å²) in [4.78, 5) is 32.2. The highest BCUT2D eigenvalue weighted by molar-refractivity contribution is 6.30. The van der Waals surface area contributed by atoms with Crippen molar-refractivity contribution < 1.29 is 33.0 Å². The number of alkyl halides is 3. The van der Waals surface area contributed by atoms with Gasteiger partial charge in [-0.2, -0.15) is 13.2 Å². The van der Waals surface area contributed by atoms with Crippen LogP contribution >= 0.6 is 11.6 Å². The molecule has 2 saturated heterocycles. The molecule has 2 aliphatic heterocycles. The molecule has 0 unspecified atom stereocenters. The minimum atomic E-state index is -4.57. The van der Waals surface area contributed by atoms with Gasteiger partial charge in [-0.25, -0.2) is 4.79 Å². The lowest BCUT2D eigenvalue weighted by atomic mass is 9.77. The zero-order valence-corrected chi connectivity index (χ0v) is 22.7. The number of hydrogen-bond donors (Lipinski definition) is 2. The Balaban J connectivity index is 1.67. The highest BCUT2D eigenvalue weighted by Gasteiger charge is 2.56. The first kappa shape index (κ1) is 29.2. The molecule has 3 amide bonds. The molecule has 2 aliphatic rings. The number of amides is 3. The molecule has 0 aliphatic carbocycles. The Bertz CT molecular complexity index is 1220. The molecule has 0 bridgehead atoms. The van der Waals surface area contributed by atoms with Gasteiger partial charge < -0.3 is 24.9 Å². The van der Waals surface area contributed by atoms with Crippen LogP contribution in [0.25, 0.3) is 0 Å². The van der Waals surface area contributed by atoms with E-state index >= 15 is 0 Å². The third-order valence-corrected chi connectivity index (χ3v) is 8.18. The van der Waals surface area contributed by atoms with Gasteiger partial charge in [0.05, 0.1) is 23.1 Å². The number of aryl methyl sites for hydroxylation is 1. The van der Waals surface area contributed by atoms with Crippen molar-refractivity contribution in [2.75, 3.05) is 33.4 Å². The number of aliphatic hydroxyl groups excluding tert-OH is 2. The number of carbonyl (C=O) groups excluding carboxylic acids is 2. The van der Waals surface area contributed by atoms with Crippen LogP contribution in [0.15, 0.2) is 42.5 Å². The summed E-state index contributed by atoms with van der Waals surface area (Å²) >= 11 is 5.95. The Hall–Kier alpha value is -2.82. The van der Waals surface area contributed by atoms with Gasteiger partial charge in [-0.15, -0.1) is 0 Å². The molecular weight excluding hydrogens is 535 g/mol. The maximum Gasteiger partial charge on any atom is 0.416 e. The van der Waals surface area contributed by atoms with Crippen molar-refractivity contribution in [2.45, 2.75) is 51.0 Å². The standard InChI is InChI=1S/C28H33ClF3N3O4/c1-18-5-3-4-6-22(18)24-23-16-27(7-11-36,8-12-37)25(38)34(23)9-10-35(24)26(39)33(2)17-19-13-20(28(30,31)32)15-21(29)14-19/h3-6,13-15,23-24,36-37H,7-12,16-17H2,1-2H3/t23-,24-/m0/s1. The number of piperazine rings is 1. The first-order valence-electron chi connectivity index (χ1n) is 12.9. The van der Waals surface area contributed by atoms with Gasteiger partial charge >= 0.3 is 12.2 Å². The number of urea groups is 1. The summed E-state index contributed by atoms with van der Waals surface area (Å²) in [5.41, 5.74) is 0.245. The SMILES string of the molecule is Cc1ccccc1[C@H]1[C@@H]2CC(CCO)(CCO)C(=O)N2CCN1C(=O)N(C)Cc1cc(Cl)cc(C(F)(F)F)c1. The van der Waals surface area contributed by atoms with Crippen LogP contribution < -0.4 is 0 Å². The summed E-state index contributed by atoms with van der Waals surface area (Å²) in [5.74, 6) is -0.131. The lowest BCUT2D eigenvalue weighted by Gasteiger charge is -2.46. The molecule has 2 heterocycles. The number of fused-ring (bicyclic) bond motifs is 1. The molecule has 2 aromatic rings.